The van der Waals surface area contributed by atoms with Crippen molar-refractivity contribution in [3.63, 3.8) is 0 Å². The van der Waals surface area contributed by atoms with E-state index in [1.165, 1.54) is 6.08 Å². The van der Waals surface area contributed by atoms with E-state index < -0.39 is 23.7 Å². The molecule has 2 atom stereocenters. The molecule has 6 nitrogen and oxygen atoms in total. The lowest BCUT2D eigenvalue weighted by atomic mass is 9.80. The van der Waals surface area contributed by atoms with Crippen molar-refractivity contribution in [3.8, 4) is 0 Å². The zero-order valence-electron chi connectivity index (χ0n) is 19.2. The molecule has 0 saturated heterocycles. The number of primary amides is 1. The smallest absolute Gasteiger partial charge is 0.319 e. The van der Waals surface area contributed by atoms with Crippen LogP contribution in [0.25, 0.3) is 5.70 Å². The Morgan fingerprint density at radius 2 is 1.57 bits per heavy atom. The molecule has 0 saturated carbocycles. The molecule has 0 aliphatic carbocycles. The zero-order chi connectivity index (χ0) is 24.8. The van der Waals surface area contributed by atoms with Crippen LogP contribution in [0.5, 0.6) is 0 Å². The lowest BCUT2D eigenvalue weighted by Crippen LogP contribution is -2.44. The summed E-state index contributed by atoms with van der Waals surface area (Å²) in [5.41, 5.74) is 8.90. The first-order chi connectivity index (χ1) is 17.0. The maximum atomic E-state index is 14.0. The highest BCUT2D eigenvalue weighted by atomic mass is 16.5. The number of carbonyl (C=O) groups excluding carboxylic acids is 3. The molecule has 0 bridgehead atoms. The molecular weight excluding hydrogens is 440 g/mol. The van der Waals surface area contributed by atoms with Crippen molar-refractivity contribution in [1.82, 2.24) is 4.90 Å². The number of rotatable bonds is 8. The van der Waals surface area contributed by atoms with Gasteiger partial charge in [0.1, 0.15) is 12.5 Å². The topological polar surface area (TPSA) is 89.7 Å². The van der Waals surface area contributed by atoms with Gasteiger partial charge in [0, 0.05) is 17.2 Å². The number of nitrogens with zero attached hydrogens (tertiary/aromatic N) is 1. The van der Waals surface area contributed by atoms with Crippen molar-refractivity contribution in [2.24, 2.45) is 11.7 Å². The van der Waals surface area contributed by atoms with Crippen LogP contribution in [-0.2, 0) is 20.9 Å². The predicted octanol–water partition coefficient (Wildman–Crippen LogP) is 4.30. The van der Waals surface area contributed by atoms with Crippen molar-refractivity contribution >= 4 is 23.5 Å². The van der Waals surface area contributed by atoms with Crippen molar-refractivity contribution in [2.45, 2.75) is 12.5 Å². The third-order valence-corrected chi connectivity index (χ3v) is 5.95. The van der Waals surface area contributed by atoms with Crippen LogP contribution in [0.3, 0.4) is 0 Å². The average molecular weight is 467 g/mol. The monoisotopic (exact) mass is 466 g/mol. The average Bonchev–Trinajstić information content (AvgIpc) is 2.89. The lowest BCUT2D eigenvalue weighted by molar-refractivity contribution is -0.155. The Morgan fingerprint density at radius 3 is 2.17 bits per heavy atom. The van der Waals surface area contributed by atoms with Crippen molar-refractivity contribution in [3.05, 3.63) is 126 Å². The van der Waals surface area contributed by atoms with Crippen molar-refractivity contribution in [2.75, 3.05) is 6.61 Å². The Bertz CT molecular complexity index is 1250. The first-order valence-electron chi connectivity index (χ1n) is 11.3. The number of amides is 2. The third kappa shape index (κ3) is 5.22. The highest BCUT2D eigenvalue weighted by Crippen LogP contribution is 2.39. The largest absolute Gasteiger partial charge is 0.461 e. The van der Waals surface area contributed by atoms with Crippen LogP contribution < -0.4 is 5.73 Å². The fourth-order valence-corrected chi connectivity index (χ4v) is 4.23. The highest BCUT2D eigenvalue weighted by Gasteiger charge is 2.43. The van der Waals surface area contributed by atoms with E-state index in [9.17, 15) is 14.4 Å². The van der Waals surface area contributed by atoms with Gasteiger partial charge in [0.05, 0.1) is 6.54 Å². The van der Waals surface area contributed by atoms with E-state index in [-0.39, 0.29) is 19.1 Å². The summed E-state index contributed by atoms with van der Waals surface area (Å²) in [6.07, 6.45) is 3.41. The number of carbonyl (C=O) groups is 3. The molecule has 35 heavy (non-hydrogen) atoms. The summed E-state index contributed by atoms with van der Waals surface area (Å²) >= 11 is 0. The SMILES string of the molecule is C=CCOC(=O)C1C(=O)N(Cc2ccccc2)C(c2ccc(C(N)=O)cc2)=CC1c1ccccc1. The minimum absolute atomic E-state index is 0.0218. The standard InChI is InChI=1S/C29H26N2O4/c1-2-17-35-29(34)26-24(21-11-7-4-8-12-21)18-25(22-13-15-23(16-14-22)27(30)32)31(28(26)33)19-20-9-5-3-6-10-20/h2-16,18,24,26H,1,17,19H2,(H2,30,32). The van der Waals surface area contributed by atoms with Gasteiger partial charge < -0.3 is 15.4 Å². The van der Waals surface area contributed by atoms with Gasteiger partial charge >= 0.3 is 5.97 Å². The summed E-state index contributed by atoms with van der Waals surface area (Å²) in [6.45, 7) is 3.89. The summed E-state index contributed by atoms with van der Waals surface area (Å²) in [5, 5.41) is 0. The molecule has 2 unspecified atom stereocenters. The van der Waals surface area contributed by atoms with Gasteiger partial charge in [-0.15, -0.1) is 0 Å². The number of esters is 1. The van der Waals surface area contributed by atoms with E-state index in [1.54, 1.807) is 29.2 Å². The first-order valence-corrected chi connectivity index (χ1v) is 11.3. The van der Waals surface area contributed by atoms with Crippen molar-refractivity contribution in [1.29, 1.82) is 0 Å². The second-order valence-corrected chi connectivity index (χ2v) is 8.24. The fourth-order valence-electron chi connectivity index (χ4n) is 4.23. The molecule has 1 aliphatic heterocycles. The molecule has 6 heteroatoms. The van der Waals surface area contributed by atoms with E-state index in [1.807, 2.05) is 66.7 Å². The van der Waals surface area contributed by atoms with E-state index in [0.717, 1.165) is 16.7 Å². The Labute approximate surface area is 204 Å². The van der Waals surface area contributed by atoms with Gasteiger partial charge in [0.25, 0.3) is 0 Å². The normalized spacial score (nSPS) is 17.4. The number of allylic oxidation sites excluding steroid dienone is 1. The molecule has 3 aromatic rings. The number of hydrogen-bond acceptors (Lipinski definition) is 4. The third-order valence-electron chi connectivity index (χ3n) is 5.95. The lowest BCUT2D eigenvalue weighted by Gasteiger charge is -2.37. The second kappa shape index (κ2) is 10.7. The molecule has 2 N–H and O–H groups in total. The number of nitrogens with two attached hydrogens (primary N) is 1. The predicted molar refractivity (Wildman–Crippen MR) is 134 cm³/mol. The summed E-state index contributed by atoms with van der Waals surface area (Å²) in [4.78, 5) is 40.3. The van der Waals surface area contributed by atoms with E-state index in [0.29, 0.717) is 11.3 Å². The molecule has 0 aromatic heterocycles. The van der Waals surface area contributed by atoms with Crippen LogP contribution >= 0.6 is 0 Å². The zero-order valence-corrected chi connectivity index (χ0v) is 19.2. The molecular formula is C29H26N2O4. The van der Waals surface area contributed by atoms with Crippen LogP contribution in [0.1, 0.15) is 33.0 Å². The summed E-state index contributed by atoms with van der Waals surface area (Å²) in [5.74, 6) is -3.05. The molecule has 176 valence electrons. The van der Waals surface area contributed by atoms with E-state index >= 15 is 0 Å². The fraction of sp³-hybridized carbons (Fsp3) is 0.138. The number of benzene rings is 3. The minimum atomic E-state index is -1.05. The second-order valence-electron chi connectivity index (χ2n) is 8.24. The Kier molecular flexibility index (Phi) is 7.21. The van der Waals surface area contributed by atoms with Crippen molar-refractivity contribution < 1.29 is 19.1 Å². The molecule has 0 radical (unpaired) electrons. The van der Waals surface area contributed by atoms with E-state index in [2.05, 4.69) is 6.58 Å². The first kappa shape index (κ1) is 23.7. The number of ether oxygens (including phenoxy) is 1. The highest BCUT2D eigenvalue weighted by molar-refractivity contribution is 6.04. The Hall–Kier alpha value is -4.45. The maximum Gasteiger partial charge on any atom is 0.319 e. The molecule has 1 aliphatic rings. The summed E-state index contributed by atoms with van der Waals surface area (Å²) in [6, 6.07) is 25.7. The van der Waals surface area contributed by atoms with Gasteiger partial charge in [-0.25, -0.2) is 0 Å². The maximum absolute atomic E-state index is 14.0. The van der Waals surface area contributed by atoms with Crippen LogP contribution in [0.4, 0.5) is 0 Å². The summed E-state index contributed by atoms with van der Waals surface area (Å²) < 4.78 is 5.35. The molecule has 3 aromatic carbocycles. The Balaban J connectivity index is 1.85. The van der Waals surface area contributed by atoms with Gasteiger partial charge in [-0.1, -0.05) is 91.5 Å². The Morgan fingerprint density at radius 1 is 0.943 bits per heavy atom. The molecule has 0 fully saturated rings. The molecule has 4 rings (SSSR count). The van der Waals surface area contributed by atoms with Gasteiger partial charge in [0.2, 0.25) is 11.8 Å². The number of hydrogen-bond donors (Lipinski definition) is 1. The molecule has 0 spiro atoms. The van der Waals surface area contributed by atoms with Gasteiger partial charge in [0.15, 0.2) is 0 Å². The van der Waals surface area contributed by atoms with Gasteiger partial charge in [-0.2, -0.15) is 0 Å². The summed E-state index contributed by atoms with van der Waals surface area (Å²) in [7, 11) is 0. The van der Waals surface area contributed by atoms with Crippen LogP contribution in [0.2, 0.25) is 0 Å². The van der Waals surface area contributed by atoms with Gasteiger partial charge in [-0.05, 0) is 28.8 Å². The minimum Gasteiger partial charge on any atom is -0.461 e. The quantitative estimate of drug-likeness (QED) is 0.305. The van der Waals surface area contributed by atoms with Crippen LogP contribution in [-0.4, -0.2) is 29.3 Å². The molecule has 2 amide bonds. The molecule has 1 heterocycles. The van der Waals surface area contributed by atoms with Crippen LogP contribution in [0.15, 0.2) is 104 Å². The van der Waals surface area contributed by atoms with Crippen LogP contribution in [0, 0.1) is 5.92 Å². The van der Waals surface area contributed by atoms with E-state index in [4.69, 9.17) is 10.5 Å². The van der Waals surface area contributed by atoms with Gasteiger partial charge in [-0.3, -0.25) is 14.4 Å².